The lowest BCUT2D eigenvalue weighted by Crippen LogP contribution is -2.33. The number of anilines is 1. The third kappa shape index (κ3) is 4.38. The summed E-state index contributed by atoms with van der Waals surface area (Å²) in [5.41, 5.74) is 0. The fourth-order valence-corrected chi connectivity index (χ4v) is 3.70. The van der Waals surface area contributed by atoms with Crippen molar-refractivity contribution in [3.8, 4) is 0 Å². The lowest BCUT2D eigenvalue weighted by Gasteiger charge is -2.23. The second kappa shape index (κ2) is 8.19. The number of ether oxygens (including phenoxy) is 1. The molecule has 22 heavy (non-hydrogen) atoms. The molecule has 1 aromatic rings. The van der Waals surface area contributed by atoms with Crippen LogP contribution in [0.4, 0.5) is 5.13 Å². The summed E-state index contributed by atoms with van der Waals surface area (Å²) >= 11 is 1.67. The van der Waals surface area contributed by atoms with Crippen molar-refractivity contribution in [3.63, 3.8) is 0 Å². The van der Waals surface area contributed by atoms with Gasteiger partial charge in [-0.3, -0.25) is 0 Å². The number of aliphatic hydroxyl groups is 1. The zero-order valence-corrected chi connectivity index (χ0v) is 14.8. The standard InChI is InChI=1S/C15H28N4O2S/c1-11(2)14-16-17-15(22-14)19-8-12(13(9-19)10-20)7-18(3)5-6-21-4/h11-13,20H,5-10H2,1-4H3/t12-,13-/m1/s1. The van der Waals surface area contributed by atoms with Gasteiger partial charge in [0.25, 0.3) is 0 Å². The van der Waals surface area contributed by atoms with Crippen molar-refractivity contribution in [2.24, 2.45) is 11.8 Å². The molecule has 0 spiro atoms. The first-order valence-corrected chi connectivity index (χ1v) is 8.73. The maximum atomic E-state index is 9.68. The van der Waals surface area contributed by atoms with Crippen LogP contribution in [-0.2, 0) is 4.74 Å². The maximum Gasteiger partial charge on any atom is 0.208 e. The van der Waals surface area contributed by atoms with Gasteiger partial charge in [-0.25, -0.2) is 0 Å². The van der Waals surface area contributed by atoms with Crippen molar-refractivity contribution in [1.82, 2.24) is 15.1 Å². The fourth-order valence-electron chi connectivity index (χ4n) is 2.83. The Bertz CT molecular complexity index is 455. The molecule has 1 aromatic heterocycles. The van der Waals surface area contributed by atoms with E-state index >= 15 is 0 Å². The molecule has 1 fully saturated rings. The summed E-state index contributed by atoms with van der Waals surface area (Å²) in [6, 6.07) is 0. The summed E-state index contributed by atoms with van der Waals surface area (Å²) in [7, 11) is 3.83. The lowest BCUT2D eigenvalue weighted by molar-refractivity contribution is 0.136. The Morgan fingerprint density at radius 3 is 2.68 bits per heavy atom. The smallest absolute Gasteiger partial charge is 0.208 e. The number of hydrogen-bond acceptors (Lipinski definition) is 7. The molecule has 0 aromatic carbocycles. The van der Waals surface area contributed by atoms with E-state index in [4.69, 9.17) is 4.74 Å². The molecule has 1 N–H and O–H groups in total. The molecule has 126 valence electrons. The number of rotatable bonds is 8. The second-order valence-corrected chi connectivity index (χ2v) is 7.43. The highest BCUT2D eigenvalue weighted by molar-refractivity contribution is 7.15. The van der Waals surface area contributed by atoms with Crippen LogP contribution in [-0.4, -0.2) is 73.8 Å². The van der Waals surface area contributed by atoms with Crippen LogP contribution >= 0.6 is 11.3 Å². The molecule has 2 atom stereocenters. The van der Waals surface area contributed by atoms with Crippen LogP contribution in [0.15, 0.2) is 0 Å². The average molecular weight is 328 g/mol. The van der Waals surface area contributed by atoms with Gasteiger partial charge in [-0.2, -0.15) is 0 Å². The van der Waals surface area contributed by atoms with E-state index in [2.05, 4.69) is 40.9 Å². The predicted molar refractivity (Wildman–Crippen MR) is 89.6 cm³/mol. The van der Waals surface area contributed by atoms with E-state index in [1.807, 2.05) is 0 Å². The molecule has 0 bridgehead atoms. The molecule has 2 heterocycles. The first-order valence-electron chi connectivity index (χ1n) is 7.91. The van der Waals surface area contributed by atoms with Crippen LogP contribution in [0.5, 0.6) is 0 Å². The summed E-state index contributed by atoms with van der Waals surface area (Å²) in [6.45, 7) is 8.94. The molecule has 0 amide bonds. The van der Waals surface area contributed by atoms with E-state index in [-0.39, 0.29) is 6.61 Å². The van der Waals surface area contributed by atoms with Crippen LogP contribution in [0.3, 0.4) is 0 Å². The van der Waals surface area contributed by atoms with E-state index in [1.54, 1.807) is 18.4 Å². The van der Waals surface area contributed by atoms with Gasteiger partial charge >= 0.3 is 0 Å². The number of hydrogen-bond donors (Lipinski definition) is 1. The second-order valence-electron chi connectivity index (χ2n) is 6.44. The van der Waals surface area contributed by atoms with Gasteiger partial charge in [0.2, 0.25) is 5.13 Å². The van der Waals surface area contributed by atoms with E-state index < -0.39 is 0 Å². The molecule has 1 aliphatic rings. The molecule has 0 aliphatic carbocycles. The van der Waals surface area contributed by atoms with Crippen molar-refractivity contribution in [3.05, 3.63) is 5.01 Å². The summed E-state index contributed by atoms with van der Waals surface area (Å²) in [4.78, 5) is 4.55. The zero-order chi connectivity index (χ0) is 16.1. The van der Waals surface area contributed by atoms with Gasteiger partial charge in [0.1, 0.15) is 5.01 Å². The van der Waals surface area contributed by atoms with Crippen LogP contribution in [0.1, 0.15) is 24.8 Å². The largest absolute Gasteiger partial charge is 0.396 e. The van der Waals surface area contributed by atoms with Gasteiger partial charge in [-0.05, 0) is 13.0 Å². The third-order valence-electron chi connectivity index (χ3n) is 4.23. The minimum Gasteiger partial charge on any atom is -0.396 e. The molecule has 0 saturated carbocycles. The molecule has 1 saturated heterocycles. The highest BCUT2D eigenvalue weighted by Crippen LogP contribution is 2.32. The summed E-state index contributed by atoms with van der Waals surface area (Å²) in [5, 5.41) is 20.4. The van der Waals surface area contributed by atoms with E-state index in [0.717, 1.165) is 42.9 Å². The molecular weight excluding hydrogens is 300 g/mol. The zero-order valence-electron chi connectivity index (χ0n) is 14.0. The van der Waals surface area contributed by atoms with Crippen molar-refractivity contribution in [2.45, 2.75) is 19.8 Å². The van der Waals surface area contributed by atoms with Gasteiger partial charge in [0, 0.05) is 51.7 Å². The Hall–Kier alpha value is -0.760. The Morgan fingerprint density at radius 1 is 1.36 bits per heavy atom. The number of nitrogens with zero attached hydrogens (tertiary/aromatic N) is 4. The monoisotopic (exact) mass is 328 g/mol. The van der Waals surface area contributed by atoms with Crippen molar-refractivity contribution in [1.29, 1.82) is 0 Å². The number of aliphatic hydroxyl groups excluding tert-OH is 1. The van der Waals surface area contributed by atoms with Crippen LogP contribution in [0, 0.1) is 11.8 Å². The average Bonchev–Trinajstić information content (AvgIpc) is 3.11. The third-order valence-corrected chi connectivity index (χ3v) is 5.51. The summed E-state index contributed by atoms with van der Waals surface area (Å²) in [5.74, 6) is 1.17. The van der Waals surface area contributed by atoms with Crippen molar-refractivity contribution < 1.29 is 9.84 Å². The highest BCUT2D eigenvalue weighted by atomic mass is 32.1. The molecule has 7 heteroatoms. The van der Waals surface area contributed by atoms with Gasteiger partial charge in [0.05, 0.1) is 6.61 Å². The Morgan fingerprint density at radius 2 is 2.09 bits per heavy atom. The molecule has 6 nitrogen and oxygen atoms in total. The minimum absolute atomic E-state index is 0.231. The number of methoxy groups -OCH3 is 1. The summed E-state index contributed by atoms with van der Waals surface area (Å²) in [6.07, 6.45) is 0. The first kappa shape index (κ1) is 17.6. The van der Waals surface area contributed by atoms with Crippen molar-refractivity contribution >= 4 is 16.5 Å². The van der Waals surface area contributed by atoms with Crippen molar-refractivity contribution in [2.75, 3.05) is 58.5 Å². The molecular formula is C15H28N4O2S. The van der Waals surface area contributed by atoms with Gasteiger partial charge < -0.3 is 19.6 Å². The normalized spacial score (nSPS) is 22.2. The molecule has 0 radical (unpaired) electrons. The van der Waals surface area contributed by atoms with Crippen LogP contribution in [0.2, 0.25) is 0 Å². The number of aromatic nitrogens is 2. The molecule has 0 unspecified atom stereocenters. The topological polar surface area (TPSA) is 61.7 Å². The highest BCUT2D eigenvalue weighted by Gasteiger charge is 2.34. The van der Waals surface area contributed by atoms with Crippen LogP contribution < -0.4 is 4.90 Å². The predicted octanol–water partition coefficient (Wildman–Crippen LogP) is 1.28. The first-order chi connectivity index (χ1) is 10.5. The SMILES string of the molecule is COCCN(C)C[C@@H]1CN(c2nnc(C(C)C)s2)C[C@@H]1CO. The maximum absolute atomic E-state index is 9.68. The lowest BCUT2D eigenvalue weighted by atomic mass is 9.96. The van der Waals surface area contributed by atoms with Crippen LogP contribution in [0.25, 0.3) is 0 Å². The van der Waals surface area contributed by atoms with E-state index in [9.17, 15) is 5.11 Å². The van der Waals surface area contributed by atoms with Gasteiger partial charge in [-0.1, -0.05) is 25.2 Å². The van der Waals surface area contributed by atoms with E-state index in [1.165, 1.54) is 0 Å². The Labute approximate surface area is 137 Å². The Kier molecular flexibility index (Phi) is 6.55. The minimum atomic E-state index is 0.231. The Balaban J connectivity index is 1.95. The molecule has 1 aliphatic heterocycles. The molecule has 2 rings (SSSR count). The number of likely N-dealkylation sites (N-methyl/N-ethyl adjacent to an activating group) is 1. The fraction of sp³-hybridized carbons (Fsp3) is 0.867. The van der Waals surface area contributed by atoms with Gasteiger partial charge in [0.15, 0.2) is 0 Å². The summed E-state index contributed by atoms with van der Waals surface area (Å²) < 4.78 is 5.13. The van der Waals surface area contributed by atoms with Gasteiger partial charge in [-0.15, -0.1) is 10.2 Å². The van der Waals surface area contributed by atoms with E-state index in [0.29, 0.717) is 17.8 Å². The quantitative estimate of drug-likeness (QED) is 0.776.